The maximum absolute atomic E-state index is 13.5. The molecular formula is C15H14BrClFN. The fourth-order valence-electron chi connectivity index (χ4n) is 2.01. The molecule has 1 atom stereocenters. The average molecular weight is 343 g/mol. The molecular weight excluding hydrogens is 329 g/mol. The van der Waals surface area contributed by atoms with Crippen molar-refractivity contribution < 1.29 is 4.39 Å². The van der Waals surface area contributed by atoms with E-state index in [0.29, 0.717) is 15.9 Å². The van der Waals surface area contributed by atoms with Gasteiger partial charge in [-0.25, -0.2) is 4.39 Å². The van der Waals surface area contributed by atoms with Crippen molar-refractivity contribution in [3.63, 3.8) is 0 Å². The summed E-state index contributed by atoms with van der Waals surface area (Å²) in [6.07, 6.45) is 0.535. The summed E-state index contributed by atoms with van der Waals surface area (Å²) >= 11 is 9.14. The topological polar surface area (TPSA) is 26.0 Å². The normalized spacial score (nSPS) is 14.2. The Kier molecular flexibility index (Phi) is 4.29. The van der Waals surface area contributed by atoms with Crippen molar-refractivity contribution >= 4 is 27.5 Å². The van der Waals surface area contributed by atoms with E-state index in [4.69, 9.17) is 17.3 Å². The molecule has 2 aromatic rings. The molecule has 2 rings (SSSR count). The number of halogens is 3. The van der Waals surface area contributed by atoms with Gasteiger partial charge in [0, 0.05) is 10.6 Å². The molecule has 0 saturated carbocycles. The zero-order valence-corrected chi connectivity index (χ0v) is 12.8. The van der Waals surface area contributed by atoms with Gasteiger partial charge < -0.3 is 5.73 Å². The molecule has 0 heterocycles. The zero-order chi connectivity index (χ0) is 14.0. The lowest BCUT2D eigenvalue weighted by atomic mass is 9.86. The van der Waals surface area contributed by atoms with E-state index in [0.717, 1.165) is 11.1 Å². The quantitative estimate of drug-likeness (QED) is 0.862. The van der Waals surface area contributed by atoms with Gasteiger partial charge in [-0.2, -0.15) is 0 Å². The molecule has 4 heteroatoms. The van der Waals surface area contributed by atoms with E-state index in [1.165, 1.54) is 6.07 Å². The molecule has 2 N–H and O–H groups in total. The Hall–Kier alpha value is -0.900. The molecule has 0 saturated heterocycles. The van der Waals surface area contributed by atoms with Crippen molar-refractivity contribution in [3.8, 4) is 0 Å². The average Bonchev–Trinajstić information content (AvgIpc) is 2.35. The highest BCUT2D eigenvalue weighted by Gasteiger charge is 2.23. The third kappa shape index (κ3) is 3.35. The van der Waals surface area contributed by atoms with Crippen molar-refractivity contribution in [2.45, 2.75) is 18.9 Å². The van der Waals surface area contributed by atoms with E-state index < -0.39 is 5.54 Å². The minimum atomic E-state index is -0.582. The molecule has 19 heavy (non-hydrogen) atoms. The molecule has 0 radical (unpaired) electrons. The summed E-state index contributed by atoms with van der Waals surface area (Å²) < 4.78 is 14.0. The first kappa shape index (κ1) is 14.5. The maximum Gasteiger partial charge on any atom is 0.137 e. The Morgan fingerprint density at radius 2 is 1.84 bits per heavy atom. The van der Waals surface area contributed by atoms with Gasteiger partial charge in [-0.3, -0.25) is 0 Å². The van der Waals surface area contributed by atoms with Crippen LogP contribution in [-0.2, 0) is 12.0 Å². The van der Waals surface area contributed by atoms with E-state index in [2.05, 4.69) is 15.9 Å². The van der Waals surface area contributed by atoms with Crippen LogP contribution in [-0.4, -0.2) is 0 Å². The van der Waals surface area contributed by atoms with Gasteiger partial charge in [0.1, 0.15) is 5.82 Å². The molecule has 0 aliphatic rings. The first-order chi connectivity index (χ1) is 8.90. The smallest absolute Gasteiger partial charge is 0.137 e. The second kappa shape index (κ2) is 5.61. The van der Waals surface area contributed by atoms with Crippen LogP contribution in [0, 0.1) is 5.82 Å². The van der Waals surface area contributed by atoms with E-state index in [9.17, 15) is 4.39 Å². The highest BCUT2D eigenvalue weighted by atomic mass is 79.9. The van der Waals surface area contributed by atoms with Crippen molar-refractivity contribution in [2.24, 2.45) is 5.73 Å². The molecule has 0 fully saturated rings. The fraction of sp³-hybridized carbons (Fsp3) is 0.200. The monoisotopic (exact) mass is 341 g/mol. The number of rotatable bonds is 3. The Balaban J connectivity index is 2.30. The maximum atomic E-state index is 13.5. The molecule has 0 bridgehead atoms. The van der Waals surface area contributed by atoms with Gasteiger partial charge in [0.15, 0.2) is 0 Å². The lowest BCUT2D eigenvalue weighted by Gasteiger charge is -2.26. The molecule has 0 aliphatic carbocycles. The standard InChI is InChI=1S/C15H14BrClFN/c1-15(19,11-5-7-12(17)8-6-11)9-10-3-2-4-13(18)14(10)16/h2-8H,9,19H2,1H3. The molecule has 0 spiro atoms. The third-order valence-corrected chi connectivity index (χ3v) is 4.23. The first-order valence-corrected chi connectivity index (χ1v) is 7.05. The number of nitrogens with two attached hydrogens (primary N) is 1. The number of hydrogen-bond donors (Lipinski definition) is 1. The Morgan fingerprint density at radius 1 is 1.21 bits per heavy atom. The van der Waals surface area contributed by atoms with E-state index >= 15 is 0 Å². The molecule has 0 aliphatic heterocycles. The van der Waals surface area contributed by atoms with Crippen LogP contribution in [0.1, 0.15) is 18.1 Å². The predicted octanol–water partition coefficient (Wildman–Crippen LogP) is 4.66. The summed E-state index contributed by atoms with van der Waals surface area (Å²) in [5.74, 6) is -0.274. The van der Waals surface area contributed by atoms with Crippen LogP contribution in [0.4, 0.5) is 4.39 Å². The molecule has 0 aromatic heterocycles. The predicted molar refractivity (Wildman–Crippen MR) is 80.8 cm³/mol. The van der Waals surface area contributed by atoms with Gasteiger partial charge in [0.05, 0.1) is 4.47 Å². The molecule has 1 unspecified atom stereocenters. The van der Waals surface area contributed by atoms with Crippen LogP contribution in [0.15, 0.2) is 46.9 Å². The van der Waals surface area contributed by atoms with Gasteiger partial charge in [0.2, 0.25) is 0 Å². The summed E-state index contributed by atoms with van der Waals surface area (Å²) in [6, 6.07) is 12.4. The first-order valence-electron chi connectivity index (χ1n) is 5.88. The third-order valence-electron chi connectivity index (χ3n) is 3.09. The zero-order valence-electron chi connectivity index (χ0n) is 10.5. The van der Waals surface area contributed by atoms with Crippen molar-refractivity contribution in [2.75, 3.05) is 0 Å². The van der Waals surface area contributed by atoms with E-state index in [1.54, 1.807) is 6.07 Å². The lowest BCUT2D eigenvalue weighted by molar-refractivity contribution is 0.488. The molecule has 0 amide bonds. The van der Waals surface area contributed by atoms with Crippen LogP contribution in [0.2, 0.25) is 5.02 Å². The van der Waals surface area contributed by atoms with Crippen molar-refractivity contribution in [3.05, 3.63) is 68.9 Å². The van der Waals surface area contributed by atoms with Crippen molar-refractivity contribution in [1.29, 1.82) is 0 Å². The van der Waals surface area contributed by atoms with Gasteiger partial charge in [-0.05, 0) is 58.6 Å². The molecule has 100 valence electrons. The number of hydrogen-bond acceptors (Lipinski definition) is 1. The van der Waals surface area contributed by atoms with Crippen LogP contribution in [0.3, 0.4) is 0 Å². The number of benzene rings is 2. The SMILES string of the molecule is CC(N)(Cc1cccc(F)c1Br)c1ccc(Cl)cc1. The fourth-order valence-corrected chi connectivity index (χ4v) is 2.54. The summed E-state index contributed by atoms with van der Waals surface area (Å²) in [7, 11) is 0. The highest BCUT2D eigenvalue weighted by molar-refractivity contribution is 9.10. The lowest BCUT2D eigenvalue weighted by Crippen LogP contribution is -2.35. The van der Waals surface area contributed by atoms with Gasteiger partial charge >= 0.3 is 0 Å². The van der Waals surface area contributed by atoms with E-state index in [-0.39, 0.29) is 5.82 Å². The second-order valence-corrected chi connectivity index (χ2v) is 6.04. The second-order valence-electron chi connectivity index (χ2n) is 4.81. The van der Waals surface area contributed by atoms with Crippen molar-refractivity contribution in [1.82, 2.24) is 0 Å². The van der Waals surface area contributed by atoms with Crippen LogP contribution < -0.4 is 5.73 Å². The Bertz CT molecular complexity index is 581. The van der Waals surface area contributed by atoms with Crippen LogP contribution in [0.5, 0.6) is 0 Å². The van der Waals surface area contributed by atoms with Gasteiger partial charge in [-0.1, -0.05) is 35.9 Å². The van der Waals surface area contributed by atoms with Gasteiger partial charge in [0.25, 0.3) is 0 Å². The summed E-state index contributed by atoms with van der Waals surface area (Å²) in [5, 5.41) is 0.673. The van der Waals surface area contributed by atoms with Crippen LogP contribution in [0.25, 0.3) is 0 Å². The summed E-state index contributed by atoms with van der Waals surface area (Å²) in [4.78, 5) is 0. The van der Waals surface area contributed by atoms with Gasteiger partial charge in [-0.15, -0.1) is 0 Å². The molecule has 1 nitrogen and oxygen atoms in total. The highest BCUT2D eigenvalue weighted by Crippen LogP contribution is 2.29. The largest absolute Gasteiger partial charge is 0.321 e. The Labute approximate surface area is 125 Å². The minimum absolute atomic E-state index is 0.274. The summed E-state index contributed by atoms with van der Waals surface area (Å²) in [6.45, 7) is 1.92. The summed E-state index contributed by atoms with van der Waals surface area (Å²) in [5.41, 5.74) is 7.58. The van der Waals surface area contributed by atoms with E-state index in [1.807, 2.05) is 37.3 Å². The molecule has 2 aromatic carbocycles. The minimum Gasteiger partial charge on any atom is -0.321 e. The Morgan fingerprint density at radius 3 is 2.47 bits per heavy atom. The van der Waals surface area contributed by atoms with Crippen LogP contribution >= 0.6 is 27.5 Å².